The summed E-state index contributed by atoms with van der Waals surface area (Å²) in [5.41, 5.74) is 1.11. The van der Waals surface area contributed by atoms with Crippen molar-refractivity contribution < 1.29 is 14.3 Å². The second-order valence-corrected chi connectivity index (χ2v) is 4.18. The van der Waals surface area contributed by atoms with E-state index in [0.29, 0.717) is 19.5 Å². The van der Waals surface area contributed by atoms with Crippen LogP contribution in [0.5, 0.6) is 5.75 Å². The van der Waals surface area contributed by atoms with Crippen molar-refractivity contribution in [2.75, 3.05) is 20.2 Å². The Morgan fingerprint density at radius 1 is 1.21 bits per heavy atom. The molecule has 5 heteroatoms. The van der Waals surface area contributed by atoms with Crippen LogP contribution in [0.25, 0.3) is 0 Å². The van der Waals surface area contributed by atoms with Crippen LogP contribution >= 0.6 is 0 Å². The fourth-order valence-corrected chi connectivity index (χ4v) is 1.61. The maximum Gasteiger partial charge on any atom is 0.221 e. The Morgan fingerprint density at radius 3 is 2.68 bits per heavy atom. The van der Waals surface area contributed by atoms with E-state index in [2.05, 4.69) is 10.6 Å². The number of nitrogens with one attached hydrogen (secondary N) is 2. The number of amides is 2. The molecule has 1 rings (SSSR count). The molecular weight excluding hydrogens is 244 g/mol. The summed E-state index contributed by atoms with van der Waals surface area (Å²) in [5.74, 6) is 0.635. The van der Waals surface area contributed by atoms with E-state index in [1.165, 1.54) is 6.92 Å². The standard InChI is InChI=1S/C14H20N2O3/c1-11(17)15-9-7-14(18)16-8-6-12-4-3-5-13(10-12)19-2/h3-5,10H,6-9H2,1-2H3,(H,15,17)(H,16,18). The predicted octanol–water partition coefficient (Wildman–Crippen LogP) is 0.880. The molecule has 0 unspecified atom stereocenters. The van der Waals surface area contributed by atoms with Crippen molar-refractivity contribution in [2.24, 2.45) is 0 Å². The molecular formula is C14H20N2O3. The molecule has 0 atom stereocenters. The van der Waals surface area contributed by atoms with Crippen molar-refractivity contribution in [2.45, 2.75) is 19.8 Å². The van der Waals surface area contributed by atoms with Gasteiger partial charge in [0.2, 0.25) is 11.8 Å². The van der Waals surface area contributed by atoms with Gasteiger partial charge in [0.05, 0.1) is 7.11 Å². The van der Waals surface area contributed by atoms with Crippen molar-refractivity contribution in [1.29, 1.82) is 0 Å². The largest absolute Gasteiger partial charge is 0.497 e. The first-order chi connectivity index (χ1) is 9.11. The van der Waals surface area contributed by atoms with Gasteiger partial charge in [0, 0.05) is 26.4 Å². The van der Waals surface area contributed by atoms with Gasteiger partial charge in [-0.1, -0.05) is 12.1 Å². The number of methoxy groups -OCH3 is 1. The highest BCUT2D eigenvalue weighted by Crippen LogP contribution is 2.12. The molecule has 0 saturated carbocycles. The fourth-order valence-electron chi connectivity index (χ4n) is 1.61. The van der Waals surface area contributed by atoms with Crippen LogP contribution in [0.3, 0.4) is 0 Å². The van der Waals surface area contributed by atoms with E-state index in [1.807, 2.05) is 24.3 Å². The maximum atomic E-state index is 11.5. The molecule has 0 aliphatic heterocycles. The van der Waals surface area contributed by atoms with Crippen molar-refractivity contribution >= 4 is 11.8 Å². The number of rotatable bonds is 7. The maximum absolute atomic E-state index is 11.5. The molecule has 5 nitrogen and oxygen atoms in total. The molecule has 0 bridgehead atoms. The zero-order chi connectivity index (χ0) is 14.1. The normalized spacial score (nSPS) is 9.79. The summed E-state index contributed by atoms with van der Waals surface area (Å²) in [6, 6.07) is 7.75. The van der Waals surface area contributed by atoms with Crippen LogP contribution in [0.15, 0.2) is 24.3 Å². The third-order valence-corrected chi connectivity index (χ3v) is 2.60. The topological polar surface area (TPSA) is 67.4 Å². The van der Waals surface area contributed by atoms with Crippen LogP contribution in [0.2, 0.25) is 0 Å². The van der Waals surface area contributed by atoms with Crippen molar-refractivity contribution in [3.63, 3.8) is 0 Å². The molecule has 0 spiro atoms. The first kappa shape index (κ1) is 15.0. The molecule has 0 aliphatic carbocycles. The summed E-state index contributed by atoms with van der Waals surface area (Å²) in [6.07, 6.45) is 1.06. The molecule has 0 saturated heterocycles. The van der Waals surface area contributed by atoms with E-state index in [-0.39, 0.29) is 11.8 Å². The van der Waals surface area contributed by atoms with Gasteiger partial charge in [-0.05, 0) is 24.1 Å². The summed E-state index contributed by atoms with van der Waals surface area (Å²) in [5, 5.41) is 5.39. The number of ether oxygens (including phenoxy) is 1. The minimum Gasteiger partial charge on any atom is -0.497 e. The summed E-state index contributed by atoms with van der Waals surface area (Å²) in [6.45, 7) is 2.38. The van der Waals surface area contributed by atoms with E-state index >= 15 is 0 Å². The third-order valence-electron chi connectivity index (χ3n) is 2.60. The van der Waals surface area contributed by atoms with Gasteiger partial charge in [0.1, 0.15) is 5.75 Å². The molecule has 0 radical (unpaired) electrons. The van der Waals surface area contributed by atoms with Crippen LogP contribution in [-0.4, -0.2) is 32.0 Å². The van der Waals surface area contributed by atoms with Gasteiger partial charge >= 0.3 is 0 Å². The zero-order valence-electron chi connectivity index (χ0n) is 11.4. The Labute approximate surface area is 113 Å². The Bertz CT molecular complexity index is 432. The van der Waals surface area contributed by atoms with E-state index in [0.717, 1.165) is 17.7 Å². The Kier molecular flexibility index (Phi) is 6.43. The lowest BCUT2D eigenvalue weighted by Crippen LogP contribution is -2.30. The van der Waals surface area contributed by atoms with Crippen LogP contribution in [0.4, 0.5) is 0 Å². The Morgan fingerprint density at radius 2 is 2.00 bits per heavy atom. The highest BCUT2D eigenvalue weighted by Gasteiger charge is 2.02. The van der Waals surface area contributed by atoms with Crippen LogP contribution in [-0.2, 0) is 16.0 Å². The summed E-state index contributed by atoms with van der Waals surface area (Å²) >= 11 is 0. The first-order valence-electron chi connectivity index (χ1n) is 6.26. The van der Waals surface area contributed by atoms with Gasteiger partial charge < -0.3 is 15.4 Å². The predicted molar refractivity (Wildman–Crippen MR) is 73.0 cm³/mol. The molecule has 1 aromatic rings. The fraction of sp³-hybridized carbons (Fsp3) is 0.429. The second-order valence-electron chi connectivity index (χ2n) is 4.18. The van der Waals surface area contributed by atoms with Crippen molar-refractivity contribution in [3.05, 3.63) is 29.8 Å². The van der Waals surface area contributed by atoms with Gasteiger partial charge in [-0.2, -0.15) is 0 Å². The average molecular weight is 264 g/mol. The Hall–Kier alpha value is -2.04. The molecule has 0 fully saturated rings. The number of carbonyl (C=O) groups excluding carboxylic acids is 2. The average Bonchev–Trinajstić information content (AvgIpc) is 2.38. The summed E-state index contributed by atoms with van der Waals surface area (Å²) < 4.78 is 5.13. The number of hydrogen-bond donors (Lipinski definition) is 2. The lowest BCUT2D eigenvalue weighted by molar-refractivity contribution is -0.121. The highest BCUT2D eigenvalue weighted by atomic mass is 16.5. The van der Waals surface area contributed by atoms with Gasteiger partial charge in [-0.25, -0.2) is 0 Å². The van der Waals surface area contributed by atoms with Crippen molar-refractivity contribution in [3.8, 4) is 5.75 Å². The number of carbonyl (C=O) groups is 2. The minimum atomic E-state index is -0.121. The van der Waals surface area contributed by atoms with E-state index in [1.54, 1.807) is 7.11 Å². The van der Waals surface area contributed by atoms with Gasteiger partial charge in [-0.15, -0.1) is 0 Å². The van der Waals surface area contributed by atoms with Gasteiger partial charge in [0.25, 0.3) is 0 Å². The van der Waals surface area contributed by atoms with Crippen LogP contribution in [0.1, 0.15) is 18.9 Å². The third kappa shape index (κ3) is 6.45. The molecule has 1 aromatic carbocycles. The lowest BCUT2D eigenvalue weighted by Gasteiger charge is -2.07. The molecule has 2 N–H and O–H groups in total. The molecule has 0 aliphatic rings. The molecule has 0 aromatic heterocycles. The zero-order valence-corrected chi connectivity index (χ0v) is 11.4. The number of benzene rings is 1. The monoisotopic (exact) mass is 264 g/mol. The van der Waals surface area contributed by atoms with Crippen LogP contribution < -0.4 is 15.4 Å². The summed E-state index contributed by atoms with van der Waals surface area (Å²) in [4.78, 5) is 22.1. The van der Waals surface area contributed by atoms with Crippen LogP contribution in [0, 0.1) is 0 Å². The molecule has 0 heterocycles. The number of hydrogen-bond acceptors (Lipinski definition) is 3. The molecule has 19 heavy (non-hydrogen) atoms. The Balaban J connectivity index is 2.22. The van der Waals surface area contributed by atoms with E-state index < -0.39 is 0 Å². The SMILES string of the molecule is COc1cccc(CCNC(=O)CCNC(C)=O)c1. The van der Waals surface area contributed by atoms with Gasteiger partial charge in [-0.3, -0.25) is 9.59 Å². The van der Waals surface area contributed by atoms with Gasteiger partial charge in [0.15, 0.2) is 0 Å². The van der Waals surface area contributed by atoms with Crippen molar-refractivity contribution in [1.82, 2.24) is 10.6 Å². The lowest BCUT2D eigenvalue weighted by atomic mass is 10.1. The van der Waals surface area contributed by atoms with E-state index in [4.69, 9.17) is 4.74 Å². The highest BCUT2D eigenvalue weighted by molar-refractivity contribution is 5.77. The smallest absolute Gasteiger partial charge is 0.221 e. The molecule has 104 valence electrons. The minimum absolute atomic E-state index is 0.0587. The first-order valence-corrected chi connectivity index (χ1v) is 6.26. The quantitative estimate of drug-likeness (QED) is 0.768. The van der Waals surface area contributed by atoms with E-state index in [9.17, 15) is 9.59 Å². The molecule has 2 amide bonds. The second kappa shape index (κ2) is 8.13. The summed E-state index contributed by atoms with van der Waals surface area (Å²) in [7, 11) is 1.63.